The van der Waals surface area contributed by atoms with Crippen LogP contribution < -0.4 is 15.5 Å². The Bertz CT molecular complexity index is 1210. The quantitative estimate of drug-likeness (QED) is 0.224. The minimum Gasteiger partial charge on any atom is -0.489 e. The van der Waals surface area contributed by atoms with Gasteiger partial charge in [-0.25, -0.2) is 5.43 Å². The first kappa shape index (κ1) is 27.5. The fourth-order valence-electron chi connectivity index (χ4n) is 3.24. The van der Waals surface area contributed by atoms with Crippen molar-refractivity contribution >= 4 is 52.8 Å². The zero-order valence-corrected chi connectivity index (χ0v) is 22.1. The van der Waals surface area contributed by atoms with Crippen LogP contribution in [0.5, 0.6) is 5.75 Å². The molecule has 3 rings (SSSR count). The number of halogens is 3. The highest BCUT2D eigenvalue weighted by atomic mass is 35.5. The number of hydrazone groups is 1. The van der Waals surface area contributed by atoms with Crippen LogP contribution in [0.25, 0.3) is 0 Å². The molecule has 0 aliphatic rings. The third-order valence-corrected chi connectivity index (χ3v) is 5.95. The normalized spacial score (nSPS) is 11.9. The van der Waals surface area contributed by atoms with Gasteiger partial charge in [0, 0.05) is 26.2 Å². The number of nitrogens with one attached hydrogen (secondary N) is 2. The summed E-state index contributed by atoms with van der Waals surface area (Å²) in [5.74, 6) is 0.0867. The summed E-state index contributed by atoms with van der Waals surface area (Å²) >= 11 is 18.0. The molecule has 0 fully saturated rings. The third kappa shape index (κ3) is 8.55. The lowest BCUT2D eigenvalue weighted by atomic mass is 10.0. The number of hydrogen-bond donors (Lipinski definition) is 2. The van der Waals surface area contributed by atoms with Crippen LogP contribution in [-0.4, -0.2) is 24.1 Å². The van der Waals surface area contributed by atoms with Gasteiger partial charge in [0.05, 0.1) is 6.21 Å². The molecular weight excluding hydrogens is 521 g/mol. The second-order valence-corrected chi connectivity index (χ2v) is 9.77. The summed E-state index contributed by atoms with van der Waals surface area (Å²) in [6, 6.07) is 18.2. The monoisotopic (exact) mass is 545 g/mol. The van der Waals surface area contributed by atoms with Gasteiger partial charge in [0.1, 0.15) is 18.4 Å². The van der Waals surface area contributed by atoms with E-state index >= 15 is 0 Å². The second kappa shape index (κ2) is 13.3. The van der Waals surface area contributed by atoms with Crippen molar-refractivity contribution in [3.8, 4) is 5.75 Å². The van der Waals surface area contributed by atoms with Crippen molar-refractivity contribution in [3.63, 3.8) is 0 Å². The van der Waals surface area contributed by atoms with E-state index in [1.807, 2.05) is 32.0 Å². The van der Waals surface area contributed by atoms with E-state index in [0.29, 0.717) is 39.4 Å². The largest absolute Gasteiger partial charge is 0.489 e. The molecule has 3 aromatic carbocycles. The van der Waals surface area contributed by atoms with Crippen molar-refractivity contribution in [2.75, 3.05) is 0 Å². The van der Waals surface area contributed by atoms with Crippen LogP contribution >= 0.6 is 34.8 Å². The van der Waals surface area contributed by atoms with Crippen LogP contribution in [-0.2, 0) is 11.4 Å². The highest BCUT2D eigenvalue weighted by molar-refractivity contribution is 6.35. The number of benzene rings is 3. The molecule has 0 aromatic heterocycles. The van der Waals surface area contributed by atoms with Gasteiger partial charge >= 0.3 is 0 Å². The third-order valence-electron chi connectivity index (χ3n) is 5.11. The fourth-order valence-corrected chi connectivity index (χ4v) is 3.83. The first-order valence-corrected chi connectivity index (χ1v) is 12.4. The predicted octanol–water partition coefficient (Wildman–Crippen LogP) is 6.52. The maximum Gasteiger partial charge on any atom is 0.262 e. The molecule has 0 heterocycles. The number of rotatable bonds is 10. The topological polar surface area (TPSA) is 79.8 Å². The van der Waals surface area contributed by atoms with Crippen molar-refractivity contribution in [2.24, 2.45) is 11.0 Å². The van der Waals surface area contributed by atoms with Gasteiger partial charge in [0.25, 0.3) is 11.8 Å². The van der Waals surface area contributed by atoms with E-state index in [-0.39, 0.29) is 11.8 Å². The summed E-state index contributed by atoms with van der Waals surface area (Å²) in [5, 5.41) is 8.46. The van der Waals surface area contributed by atoms with Gasteiger partial charge in [-0.2, -0.15) is 5.10 Å². The lowest BCUT2D eigenvalue weighted by Gasteiger charge is -2.19. The Hall–Kier alpha value is -3.06. The molecule has 188 valence electrons. The number of carbonyl (C=O) groups excluding carboxylic acids is 2. The molecule has 0 saturated heterocycles. The minimum absolute atomic E-state index is 0.186. The van der Waals surface area contributed by atoms with Crippen LogP contribution in [0.4, 0.5) is 0 Å². The summed E-state index contributed by atoms with van der Waals surface area (Å²) in [7, 11) is 0. The molecule has 0 aliphatic heterocycles. The van der Waals surface area contributed by atoms with Crippen LogP contribution in [0.1, 0.15) is 41.8 Å². The minimum atomic E-state index is -0.735. The molecule has 0 radical (unpaired) electrons. The maximum absolute atomic E-state index is 12.7. The summed E-state index contributed by atoms with van der Waals surface area (Å²) in [6.07, 6.45) is 1.98. The lowest BCUT2D eigenvalue weighted by Crippen LogP contribution is -2.46. The lowest BCUT2D eigenvalue weighted by molar-refractivity contribution is -0.123. The molecule has 36 heavy (non-hydrogen) atoms. The molecule has 6 nitrogen and oxygen atoms in total. The van der Waals surface area contributed by atoms with E-state index in [4.69, 9.17) is 39.5 Å². The smallest absolute Gasteiger partial charge is 0.262 e. The van der Waals surface area contributed by atoms with Crippen molar-refractivity contribution in [2.45, 2.75) is 32.9 Å². The second-order valence-electron chi connectivity index (χ2n) is 8.49. The predicted molar refractivity (Wildman–Crippen MR) is 145 cm³/mol. The van der Waals surface area contributed by atoms with E-state index in [1.165, 1.54) is 6.21 Å². The van der Waals surface area contributed by atoms with Gasteiger partial charge in [0.15, 0.2) is 0 Å². The summed E-state index contributed by atoms with van der Waals surface area (Å²) in [4.78, 5) is 25.3. The van der Waals surface area contributed by atoms with Crippen molar-refractivity contribution in [1.82, 2.24) is 10.7 Å². The van der Waals surface area contributed by atoms with E-state index in [1.54, 1.807) is 48.5 Å². The molecule has 3 aromatic rings. The molecular formula is C27H26Cl3N3O3. The molecule has 0 spiro atoms. The highest BCUT2D eigenvalue weighted by Crippen LogP contribution is 2.23. The number of hydrogen-bond acceptors (Lipinski definition) is 4. The molecule has 2 N–H and O–H groups in total. The molecule has 0 aliphatic carbocycles. The average Bonchev–Trinajstić information content (AvgIpc) is 2.84. The maximum atomic E-state index is 12.7. The van der Waals surface area contributed by atoms with Crippen LogP contribution in [0.15, 0.2) is 71.8 Å². The van der Waals surface area contributed by atoms with Gasteiger partial charge in [-0.05, 0) is 78.6 Å². The Balaban J connectivity index is 1.54. The Labute approximate surface area is 225 Å². The fraction of sp³-hybridized carbons (Fsp3) is 0.222. The Morgan fingerprint density at radius 3 is 2.25 bits per heavy atom. The number of nitrogens with zero attached hydrogens (tertiary/aromatic N) is 1. The molecule has 1 atom stereocenters. The van der Waals surface area contributed by atoms with E-state index < -0.39 is 11.9 Å². The zero-order chi connectivity index (χ0) is 26.1. The van der Waals surface area contributed by atoms with Gasteiger partial charge in [-0.1, -0.05) is 54.7 Å². The van der Waals surface area contributed by atoms with Crippen LogP contribution in [0.2, 0.25) is 15.1 Å². The van der Waals surface area contributed by atoms with Crippen molar-refractivity contribution in [3.05, 3.63) is 98.5 Å². The first-order chi connectivity index (χ1) is 17.2. The summed E-state index contributed by atoms with van der Waals surface area (Å²) in [6.45, 7) is 4.25. The molecule has 2 amide bonds. The average molecular weight is 547 g/mol. The van der Waals surface area contributed by atoms with Crippen molar-refractivity contribution < 1.29 is 14.3 Å². The Morgan fingerprint density at radius 1 is 0.944 bits per heavy atom. The van der Waals surface area contributed by atoms with Gasteiger partial charge < -0.3 is 10.1 Å². The molecule has 0 bridgehead atoms. The van der Waals surface area contributed by atoms with Gasteiger partial charge in [-0.3, -0.25) is 9.59 Å². The zero-order valence-electron chi connectivity index (χ0n) is 19.8. The van der Waals surface area contributed by atoms with E-state index in [9.17, 15) is 9.59 Å². The first-order valence-electron chi connectivity index (χ1n) is 11.3. The Morgan fingerprint density at radius 2 is 1.61 bits per heavy atom. The van der Waals surface area contributed by atoms with E-state index in [0.717, 1.165) is 11.1 Å². The molecule has 1 unspecified atom stereocenters. The standard InChI is InChI=1S/C27H26Cl3N3O3/c1-17(2)13-25(32-26(34)19-5-8-21(28)9-6-19)27(35)33-31-15-18-3-11-23(12-4-18)36-16-20-7-10-22(29)14-24(20)30/h3-12,14-15,17,25H,13,16H2,1-2H3,(H,32,34)(H,33,35). The van der Waals surface area contributed by atoms with E-state index in [2.05, 4.69) is 15.8 Å². The Kier molecular flexibility index (Phi) is 10.2. The summed E-state index contributed by atoms with van der Waals surface area (Å²) in [5.41, 5.74) is 4.52. The highest BCUT2D eigenvalue weighted by Gasteiger charge is 2.22. The SMILES string of the molecule is CC(C)CC(NC(=O)c1ccc(Cl)cc1)C(=O)NN=Cc1ccc(OCc2ccc(Cl)cc2Cl)cc1. The summed E-state index contributed by atoms with van der Waals surface area (Å²) < 4.78 is 5.77. The number of amides is 2. The van der Waals surface area contributed by atoms with Gasteiger partial charge in [-0.15, -0.1) is 0 Å². The van der Waals surface area contributed by atoms with Crippen LogP contribution in [0, 0.1) is 5.92 Å². The number of carbonyl (C=O) groups is 2. The number of ether oxygens (including phenoxy) is 1. The molecule has 0 saturated carbocycles. The van der Waals surface area contributed by atoms with Crippen molar-refractivity contribution in [1.29, 1.82) is 0 Å². The molecule has 9 heteroatoms. The van der Waals surface area contributed by atoms with Gasteiger partial charge in [0.2, 0.25) is 0 Å². The van der Waals surface area contributed by atoms with Crippen LogP contribution in [0.3, 0.4) is 0 Å².